The van der Waals surface area contributed by atoms with Crippen molar-refractivity contribution in [3.05, 3.63) is 84.4 Å². The number of aliphatic carboxylic acids is 1. The van der Waals surface area contributed by atoms with E-state index >= 15 is 0 Å². The van der Waals surface area contributed by atoms with Gasteiger partial charge in [-0.3, -0.25) is 9.78 Å². The first-order valence-corrected chi connectivity index (χ1v) is 11.9. The van der Waals surface area contributed by atoms with E-state index in [-0.39, 0.29) is 24.3 Å². The van der Waals surface area contributed by atoms with Gasteiger partial charge in [-0.25, -0.2) is 12.8 Å². The monoisotopic (exact) mass is 470 g/mol. The van der Waals surface area contributed by atoms with Gasteiger partial charge in [-0.05, 0) is 73.0 Å². The molecule has 33 heavy (non-hydrogen) atoms. The molecule has 0 aliphatic heterocycles. The number of hydrogen-bond donors (Lipinski definition) is 1. The standard InChI is InChI=1S/C24H23FN2O5S/c25-19-5-7-20(8-6-19)32-21-9-11-22(12-10-21)33(30,31)27(17-18-4-3-15-26-16-18)24(23(28)29)13-1-2-14-24/h3-12,15-16H,1-2,13-14,17H2,(H,28,29). The fourth-order valence-electron chi connectivity index (χ4n) is 4.10. The summed E-state index contributed by atoms with van der Waals surface area (Å²) in [7, 11) is -4.16. The molecule has 1 aliphatic rings. The van der Waals surface area contributed by atoms with E-state index < -0.39 is 27.3 Å². The Morgan fingerprint density at radius 3 is 2.18 bits per heavy atom. The van der Waals surface area contributed by atoms with Crippen molar-refractivity contribution in [3.63, 3.8) is 0 Å². The summed E-state index contributed by atoms with van der Waals surface area (Å²) in [6, 6.07) is 14.6. The number of aromatic nitrogens is 1. The smallest absolute Gasteiger partial charge is 0.325 e. The highest BCUT2D eigenvalue weighted by Gasteiger charge is 2.51. The number of carbonyl (C=O) groups is 1. The van der Waals surface area contributed by atoms with Crippen LogP contribution in [0.3, 0.4) is 0 Å². The van der Waals surface area contributed by atoms with Gasteiger partial charge >= 0.3 is 5.97 Å². The zero-order chi connectivity index (χ0) is 23.5. The third kappa shape index (κ3) is 4.74. The summed E-state index contributed by atoms with van der Waals surface area (Å²) in [5.41, 5.74) is -0.914. The molecular weight excluding hydrogens is 447 g/mol. The van der Waals surface area contributed by atoms with Gasteiger partial charge in [0.1, 0.15) is 22.9 Å². The number of carboxylic acid groups (broad SMARTS) is 1. The Labute approximate surface area is 191 Å². The minimum absolute atomic E-state index is 0.0367. The molecule has 0 saturated heterocycles. The molecule has 0 amide bonds. The molecule has 0 unspecified atom stereocenters. The van der Waals surface area contributed by atoms with Crippen LogP contribution >= 0.6 is 0 Å². The number of benzene rings is 2. The Bertz CT molecular complexity index is 1210. The lowest BCUT2D eigenvalue weighted by molar-refractivity contribution is -0.148. The average Bonchev–Trinajstić information content (AvgIpc) is 3.31. The molecule has 0 bridgehead atoms. The third-order valence-corrected chi connectivity index (χ3v) is 7.74. The fraction of sp³-hybridized carbons (Fsp3) is 0.250. The largest absolute Gasteiger partial charge is 0.480 e. The van der Waals surface area contributed by atoms with Crippen molar-refractivity contribution in [2.24, 2.45) is 0 Å². The Morgan fingerprint density at radius 2 is 1.64 bits per heavy atom. The predicted octanol–water partition coefficient (Wildman–Crippen LogP) is 4.60. The minimum atomic E-state index is -4.16. The molecule has 1 heterocycles. The summed E-state index contributed by atoms with van der Waals surface area (Å²) in [6.07, 6.45) is 4.87. The molecule has 4 rings (SSSR count). The molecule has 172 valence electrons. The van der Waals surface area contributed by atoms with Crippen LogP contribution in [0, 0.1) is 5.82 Å². The number of hydrogen-bond acceptors (Lipinski definition) is 5. The van der Waals surface area contributed by atoms with Crippen LogP contribution in [0.15, 0.2) is 78.0 Å². The molecule has 9 heteroatoms. The van der Waals surface area contributed by atoms with Crippen LogP contribution in [0.5, 0.6) is 11.5 Å². The van der Waals surface area contributed by atoms with Crippen LogP contribution in [0.25, 0.3) is 0 Å². The SMILES string of the molecule is O=C(O)C1(N(Cc2cccnc2)S(=O)(=O)c2ccc(Oc3ccc(F)cc3)cc2)CCCC1. The first-order chi connectivity index (χ1) is 15.8. The van der Waals surface area contributed by atoms with Gasteiger partial charge in [-0.1, -0.05) is 18.9 Å². The van der Waals surface area contributed by atoms with Gasteiger partial charge in [-0.2, -0.15) is 4.31 Å². The van der Waals surface area contributed by atoms with Crippen molar-refractivity contribution in [2.75, 3.05) is 0 Å². The number of sulfonamides is 1. The Morgan fingerprint density at radius 1 is 1.03 bits per heavy atom. The first-order valence-electron chi connectivity index (χ1n) is 10.5. The van der Waals surface area contributed by atoms with E-state index in [1.54, 1.807) is 18.3 Å². The second kappa shape index (κ2) is 9.29. The van der Waals surface area contributed by atoms with Crippen LogP contribution in [0.4, 0.5) is 4.39 Å². The highest BCUT2D eigenvalue weighted by molar-refractivity contribution is 7.89. The van der Waals surface area contributed by atoms with E-state index in [1.807, 2.05) is 0 Å². The van der Waals surface area contributed by atoms with Crippen LogP contribution < -0.4 is 4.74 Å². The van der Waals surface area contributed by atoms with E-state index in [1.165, 1.54) is 54.7 Å². The molecular formula is C24H23FN2O5S. The van der Waals surface area contributed by atoms with Crippen molar-refractivity contribution in [1.29, 1.82) is 0 Å². The van der Waals surface area contributed by atoms with Crippen LogP contribution in [0.2, 0.25) is 0 Å². The third-order valence-electron chi connectivity index (χ3n) is 5.82. The number of carboxylic acids is 1. The van der Waals surface area contributed by atoms with Gasteiger partial charge in [0.2, 0.25) is 10.0 Å². The summed E-state index contributed by atoms with van der Waals surface area (Å²) in [5, 5.41) is 10.1. The van der Waals surface area contributed by atoms with Crippen LogP contribution in [-0.4, -0.2) is 34.3 Å². The summed E-state index contributed by atoms with van der Waals surface area (Å²) in [4.78, 5) is 16.3. The molecule has 1 aliphatic carbocycles. The van der Waals surface area contributed by atoms with E-state index in [4.69, 9.17) is 4.74 Å². The molecule has 1 saturated carbocycles. The van der Waals surface area contributed by atoms with Crippen molar-refractivity contribution >= 4 is 16.0 Å². The van der Waals surface area contributed by atoms with Crippen molar-refractivity contribution in [3.8, 4) is 11.5 Å². The lowest BCUT2D eigenvalue weighted by Gasteiger charge is -2.36. The van der Waals surface area contributed by atoms with Gasteiger partial charge < -0.3 is 9.84 Å². The number of rotatable bonds is 8. The number of ether oxygens (including phenoxy) is 1. The lowest BCUT2D eigenvalue weighted by atomic mass is 9.97. The molecule has 1 fully saturated rings. The molecule has 2 aromatic carbocycles. The summed E-state index contributed by atoms with van der Waals surface area (Å²) in [6.45, 7) is -0.101. The fourth-order valence-corrected chi connectivity index (χ4v) is 5.87. The van der Waals surface area contributed by atoms with Gasteiger partial charge in [0.05, 0.1) is 4.90 Å². The van der Waals surface area contributed by atoms with Crippen LogP contribution in [-0.2, 0) is 21.4 Å². The van der Waals surface area contributed by atoms with Crippen molar-refractivity contribution in [1.82, 2.24) is 9.29 Å². The normalized spacial score (nSPS) is 15.5. The second-order valence-corrected chi connectivity index (χ2v) is 9.81. The van der Waals surface area contributed by atoms with Gasteiger partial charge in [0.15, 0.2) is 0 Å². The number of pyridine rings is 1. The summed E-state index contributed by atoms with van der Waals surface area (Å²) in [5.74, 6) is -0.769. The van der Waals surface area contributed by atoms with Gasteiger partial charge in [0, 0.05) is 18.9 Å². The van der Waals surface area contributed by atoms with Crippen molar-refractivity contribution < 1.29 is 27.4 Å². The summed E-state index contributed by atoms with van der Waals surface area (Å²) >= 11 is 0. The number of halogens is 1. The first kappa shape index (κ1) is 22.9. The quantitative estimate of drug-likeness (QED) is 0.517. The lowest BCUT2D eigenvalue weighted by Crippen LogP contribution is -2.54. The van der Waals surface area contributed by atoms with E-state index in [0.717, 1.165) is 4.31 Å². The Balaban J connectivity index is 1.67. The molecule has 7 nitrogen and oxygen atoms in total. The molecule has 0 radical (unpaired) electrons. The van der Waals surface area contributed by atoms with E-state index in [0.29, 0.717) is 29.9 Å². The zero-order valence-corrected chi connectivity index (χ0v) is 18.5. The molecule has 0 spiro atoms. The molecule has 1 N–H and O–H groups in total. The average molecular weight is 471 g/mol. The maximum Gasteiger partial charge on any atom is 0.325 e. The predicted molar refractivity (Wildman–Crippen MR) is 119 cm³/mol. The van der Waals surface area contributed by atoms with Gasteiger partial charge in [0.25, 0.3) is 0 Å². The molecule has 1 aromatic heterocycles. The topological polar surface area (TPSA) is 96.8 Å². The van der Waals surface area contributed by atoms with E-state index in [2.05, 4.69) is 4.98 Å². The Kier molecular flexibility index (Phi) is 6.44. The molecule has 3 aromatic rings. The van der Waals surface area contributed by atoms with E-state index in [9.17, 15) is 22.7 Å². The highest BCUT2D eigenvalue weighted by atomic mass is 32.2. The minimum Gasteiger partial charge on any atom is -0.480 e. The van der Waals surface area contributed by atoms with Gasteiger partial charge in [-0.15, -0.1) is 0 Å². The Hall–Kier alpha value is -3.30. The molecule has 0 atom stereocenters. The highest BCUT2D eigenvalue weighted by Crippen LogP contribution is 2.40. The van der Waals surface area contributed by atoms with Crippen molar-refractivity contribution in [2.45, 2.75) is 42.7 Å². The maximum atomic E-state index is 13.7. The number of nitrogens with zero attached hydrogens (tertiary/aromatic N) is 2. The maximum absolute atomic E-state index is 13.7. The zero-order valence-electron chi connectivity index (χ0n) is 17.7. The second-order valence-electron chi connectivity index (χ2n) is 7.94. The van der Waals surface area contributed by atoms with Crippen LogP contribution in [0.1, 0.15) is 31.2 Å². The summed E-state index contributed by atoms with van der Waals surface area (Å²) < 4.78 is 47.2.